The molecule has 0 bridgehead atoms. The van der Waals surface area contributed by atoms with Crippen LogP contribution in [-0.2, 0) is 6.54 Å². The van der Waals surface area contributed by atoms with Gasteiger partial charge in [0.15, 0.2) is 0 Å². The second-order valence-electron chi connectivity index (χ2n) is 6.88. The van der Waals surface area contributed by atoms with Crippen LogP contribution < -0.4 is 5.73 Å². The van der Waals surface area contributed by atoms with Gasteiger partial charge in [-0.25, -0.2) is 0 Å². The van der Waals surface area contributed by atoms with E-state index in [0.717, 1.165) is 24.2 Å². The molecule has 1 aromatic carbocycles. The first-order valence-corrected chi connectivity index (χ1v) is 8.98. The number of fused-ring (bicyclic) bond motifs is 1. The number of aryl methyl sites for hydroxylation is 1. The van der Waals surface area contributed by atoms with Crippen LogP contribution in [0.25, 0.3) is 22.0 Å². The molecular formula is C19H25N5. The quantitative estimate of drug-likeness (QED) is 0.798. The third kappa shape index (κ3) is 2.84. The van der Waals surface area contributed by atoms with E-state index >= 15 is 0 Å². The molecule has 0 atom stereocenters. The number of nitrogens with zero attached hydrogens (tertiary/aromatic N) is 4. The van der Waals surface area contributed by atoms with Crippen molar-refractivity contribution < 1.29 is 0 Å². The fourth-order valence-corrected chi connectivity index (χ4v) is 3.73. The van der Waals surface area contributed by atoms with Crippen LogP contribution >= 0.6 is 0 Å². The van der Waals surface area contributed by atoms with Gasteiger partial charge in [-0.05, 0) is 56.7 Å². The highest BCUT2D eigenvalue weighted by Crippen LogP contribution is 2.32. The van der Waals surface area contributed by atoms with Gasteiger partial charge in [0.25, 0.3) is 0 Å². The molecule has 1 aliphatic carbocycles. The third-order valence-corrected chi connectivity index (χ3v) is 5.34. The van der Waals surface area contributed by atoms with E-state index in [9.17, 15) is 0 Å². The molecule has 0 amide bonds. The average molecular weight is 323 g/mol. The summed E-state index contributed by atoms with van der Waals surface area (Å²) in [7, 11) is 0. The fraction of sp³-hybridized carbons (Fsp3) is 0.474. The first kappa shape index (κ1) is 15.4. The number of aromatic nitrogens is 4. The maximum atomic E-state index is 5.80. The molecule has 3 aromatic rings. The van der Waals surface area contributed by atoms with Crippen LogP contribution in [0.1, 0.15) is 38.6 Å². The Hall–Kier alpha value is -2.14. The highest BCUT2D eigenvalue weighted by atomic mass is 15.3. The molecule has 2 N–H and O–H groups in total. The minimum atomic E-state index is 0.520. The lowest BCUT2D eigenvalue weighted by Gasteiger charge is -2.27. The van der Waals surface area contributed by atoms with E-state index in [4.69, 9.17) is 10.8 Å². The lowest BCUT2D eigenvalue weighted by molar-refractivity contribution is 0.266. The smallest absolute Gasteiger partial charge is 0.0929 e. The molecule has 5 heteroatoms. The van der Waals surface area contributed by atoms with E-state index in [1.807, 2.05) is 10.9 Å². The van der Waals surface area contributed by atoms with Crippen molar-refractivity contribution in [3.05, 3.63) is 36.8 Å². The summed E-state index contributed by atoms with van der Waals surface area (Å²) in [6.45, 7) is 3.81. The van der Waals surface area contributed by atoms with Crippen LogP contribution in [0.3, 0.4) is 0 Å². The molecule has 0 aliphatic heterocycles. The van der Waals surface area contributed by atoms with Crippen molar-refractivity contribution >= 4 is 10.9 Å². The van der Waals surface area contributed by atoms with Crippen molar-refractivity contribution in [2.75, 3.05) is 6.54 Å². The highest BCUT2D eigenvalue weighted by Gasteiger charge is 2.22. The monoisotopic (exact) mass is 323 g/mol. The number of nitrogens with two attached hydrogens (primary N) is 1. The van der Waals surface area contributed by atoms with Gasteiger partial charge in [-0.2, -0.15) is 10.2 Å². The van der Waals surface area contributed by atoms with Crippen LogP contribution in [0.15, 0.2) is 36.8 Å². The van der Waals surface area contributed by atoms with Crippen LogP contribution in [0.5, 0.6) is 0 Å². The van der Waals surface area contributed by atoms with Gasteiger partial charge in [0, 0.05) is 29.9 Å². The minimum Gasteiger partial charge on any atom is -0.330 e. The number of benzene rings is 1. The summed E-state index contributed by atoms with van der Waals surface area (Å²) in [5.74, 6) is 0.702. The zero-order valence-electron chi connectivity index (χ0n) is 14.2. The normalized spacial score (nSPS) is 21.4. The van der Waals surface area contributed by atoms with Crippen LogP contribution in [-0.4, -0.2) is 26.1 Å². The van der Waals surface area contributed by atoms with Crippen LogP contribution in [0, 0.1) is 5.92 Å². The van der Waals surface area contributed by atoms with Gasteiger partial charge in [0.05, 0.1) is 17.8 Å². The van der Waals surface area contributed by atoms with Crippen molar-refractivity contribution in [2.24, 2.45) is 11.7 Å². The summed E-state index contributed by atoms with van der Waals surface area (Å²) in [6.07, 6.45) is 11.0. The molecule has 24 heavy (non-hydrogen) atoms. The van der Waals surface area contributed by atoms with Gasteiger partial charge in [0.1, 0.15) is 0 Å². The molecule has 0 saturated heterocycles. The maximum absolute atomic E-state index is 5.80. The summed E-state index contributed by atoms with van der Waals surface area (Å²) < 4.78 is 4.13. The average Bonchev–Trinajstić information content (AvgIpc) is 3.27. The van der Waals surface area contributed by atoms with Crippen molar-refractivity contribution in [3.63, 3.8) is 0 Å². The van der Waals surface area contributed by atoms with E-state index in [1.165, 1.54) is 36.6 Å². The van der Waals surface area contributed by atoms with E-state index < -0.39 is 0 Å². The van der Waals surface area contributed by atoms with E-state index in [1.54, 1.807) is 0 Å². The lowest BCUT2D eigenvalue weighted by Crippen LogP contribution is -2.23. The van der Waals surface area contributed by atoms with E-state index in [-0.39, 0.29) is 0 Å². The molecule has 0 spiro atoms. The molecule has 4 rings (SSSR count). The molecule has 2 aromatic heterocycles. The van der Waals surface area contributed by atoms with Gasteiger partial charge in [0.2, 0.25) is 0 Å². The standard InChI is InChI=1S/C19H25N5/c1-2-23-12-17(11-21-23)15-5-6-16-13-24(22-19(16)9-15)18-7-3-14(10-20)4-8-18/h5-6,9,11-14,18H,2-4,7-8,10,20H2,1H3. The SMILES string of the molecule is CCn1cc(-c2ccc3cn(C4CCC(CN)CC4)nc3c2)cn1. The van der Waals surface area contributed by atoms with Crippen molar-refractivity contribution in [3.8, 4) is 11.1 Å². The Balaban J connectivity index is 1.59. The Bertz CT molecular complexity index is 823. The van der Waals surface area contributed by atoms with Crippen LogP contribution in [0.2, 0.25) is 0 Å². The fourth-order valence-electron chi connectivity index (χ4n) is 3.73. The highest BCUT2D eigenvalue weighted by molar-refractivity contribution is 5.83. The molecule has 0 unspecified atom stereocenters. The maximum Gasteiger partial charge on any atom is 0.0929 e. The second kappa shape index (κ2) is 6.40. The Morgan fingerprint density at radius 1 is 1.12 bits per heavy atom. The van der Waals surface area contributed by atoms with Gasteiger partial charge >= 0.3 is 0 Å². The van der Waals surface area contributed by atoms with E-state index in [2.05, 4.69) is 47.3 Å². The van der Waals surface area contributed by atoms with Crippen molar-refractivity contribution in [1.29, 1.82) is 0 Å². The molecule has 1 aliphatic rings. The summed E-state index contributed by atoms with van der Waals surface area (Å²) in [4.78, 5) is 0. The van der Waals surface area contributed by atoms with Gasteiger partial charge in [-0.1, -0.05) is 12.1 Å². The number of hydrogen-bond donors (Lipinski definition) is 1. The largest absolute Gasteiger partial charge is 0.330 e. The van der Waals surface area contributed by atoms with Crippen LogP contribution in [0.4, 0.5) is 0 Å². The number of hydrogen-bond acceptors (Lipinski definition) is 3. The first-order chi connectivity index (χ1) is 11.8. The lowest BCUT2D eigenvalue weighted by atomic mass is 9.86. The Morgan fingerprint density at radius 3 is 2.67 bits per heavy atom. The summed E-state index contributed by atoms with van der Waals surface area (Å²) in [5.41, 5.74) is 9.20. The summed E-state index contributed by atoms with van der Waals surface area (Å²) in [5, 5.41) is 10.4. The van der Waals surface area contributed by atoms with Gasteiger partial charge < -0.3 is 5.73 Å². The van der Waals surface area contributed by atoms with Crippen molar-refractivity contribution in [2.45, 2.75) is 45.2 Å². The molecule has 126 valence electrons. The summed E-state index contributed by atoms with van der Waals surface area (Å²) in [6, 6.07) is 7.03. The molecule has 2 heterocycles. The molecule has 5 nitrogen and oxygen atoms in total. The van der Waals surface area contributed by atoms with E-state index in [0.29, 0.717) is 12.0 Å². The predicted molar refractivity (Wildman–Crippen MR) is 96.7 cm³/mol. The van der Waals surface area contributed by atoms with Gasteiger partial charge in [-0.15, -0.1) is 0 Å². The zero-order chi connectivity index (χ0) is 16.5. The molecule has 1 fully saturated rings. The third-order valence-electron chi connectivity index (χ3n) is 5.34. The Labute approximate surface area is 142 Å². The first-order valence-electron chi connectivity index (χ1n) is 8.98. The Morgan fingerprint density at radius 2 is 1.96 bits per heavy atom. The predicted octanol–water partition coefficient (Wildman–Crippen LogP) is 3.61. The molecule has 0 radical (unpaired) electrons. The topological polar surface area (TPSA) is 61.7 Å². The second-order valence-corrected chi connectivity index (χ2v) is 6.88. The van der Waals surface area contributed by atoms with Crippen molar-refractivity contribution in [1.82, 2.24) is 19.6 Å². The summed E-state index contributed by atoms with van der Waals surface area (Å²) >= 11 is 0. The molecule has 1 saturated carbocycles. The number of rotatable bonds is 4. The Kier molecular flexibility index (Phi) is 4.10. The molecular weight excluding hydrogens is 298 g/mol. The van der Waals surface area contributed by atoms with Gasteiger partial charge in [-0.3, -0.25) is 9.36 Å². The minimum absolute atomic E-state index is 0.520. The zero-order valence-corrected chi connectivity index (χ0v) is 14.2.